The molecule has 8 nitrogen and oxygen atoms in total. The van der Waals surface area contributed by atoms with Gasteiger partial charge >= 0.3 is 5.97 Å². The van der Waals surface area contributed by atoms with Gasteiger partial charge in [0.05, 0.1) is 5.69 Å². The fourth-order valence-corrected chi connectivity index (χ4v) is 1.63. The van der Waals surface area contributed by atoms with Gasteiger partial charge in [0.25, 0.3) is 5.91 Å². The predicted molar refractivity (Wildman–Crippen MR) is 66.2 cm³/mol. The van der Waals surface area contributed by atoms with Crippen molar-refractivity contribution >= 4 is 17.6 Å². The van der Waals surface area contributed by atoms with Crippen LogP contribution in [0, 0.1) is 6.92 Å². The van der Waals surface area contributed by atoms with Crippen molar-refractivity contribution in [3.63, 3.8) is 0 Å². The van der Waals surface area contributed by atoms with Crippen LogP contribution in [0.1, 0.15) is 39.4 Å². The van der Waals surface area contributed by atoms with E-state index in [2.05, 4.69) is 25.5 Å². The second-order valence-electron chi connectivity index (χ2n) is 3.92. The molecule has 0 saturated heterocycles. The molecule has 0 radical (unpaired) electrons. The molecule has 0 atom stereocenters. The Bertz CT molecular complexity index is 628. The molecule has 2 heterocycles. The van der Waals surface area contributed by atoms with Crippen LogP contribution in [0.3, 0.4) is 0 Å². The fourth-order valence-electron chi connectivity index (χ4n) is 1.63. The van der Waals surface area contributed by atoms with Crippen molar-refractivity contribution < 1.29 is 14.7 Å². The lowest BCUT2D eigenvalue weighted by Gasteiger charge is -2.01. The number of aromatic amines is 2. The van der Waals surface area contributed by atoms with E-state index in [0.29, 0.717) is 17.9 Å². The number of hydrogen-bond donors (Lipinski definition) is 4. The monoisotopic (exact) mass is 263 g/mol. The molecule has 0 aliphatic carbocycles. The second kappa shape index (κ2) is 4.92. The number of carbonyl (C=O) groups is 2. The Morgan fingerprint density at radius 1 is 1.47 bits per heavy atom. The molecule has 2 aromatic rings. The van der Waals surface area contributed by atoms with Crippen LogP contribution in [0.2, 0.25) is 0 Å². The molecule has 0 fully saturated rings. The first-order valence-corrected chi connectivity index (χ1v) is 5.66. The summed E-state index contributed by atoms with van der Waals surface area (Å²) in [4.78, 5) is 29.6. The molecular weight excluding hydrogens is 250 g/mol. The predicted octanol–water partition coefficient (Wildman–Crippen LogP) is 0.954. The number of carboxylic acid groups (broad SMARTS) is 1. The Balaban J connectivity index is 2.21. The van der Waals surface area contributed by atoms with Crippen LogP contribution in [0.5, 0.6) is 0 Å². The lowest BCUT2D eigenvalue weighted by Crippen LogP contribution is -2.15. The van der Waals surface area contributed by atoms with E-state index in [1.54, 1.807) is 6.92 Å². The van der Waals surface area contributed by atoms with Gasteiger partial charge < -0.3 is 15.4 Å². The molecule has 100 valence electrons. The fraction of sp³-hybridized carbons (Fsp3) is 0.273. The first-order chi connectivity index (χ1) is 9.02. The van der Waals surface area contributed by atoms with Gasteiger partial charge in [-0.15, -0.1) is 5.10 Å². The molecule has 0 spiro atoms. The minimum atomic E-state index is -1.11. The normalized spacial score (nSPS) is 10.4. The Hall–Kier alpha value is -2.64. The van der Waals surface area contributed by atoms with Gasteiger partial charge in [-0.1, -0.05) is 6.92 Å². The van der Waals surface area contributed by atoms with E-state index in [9.17, 15) is 9.59 Å². The van der Waals surface area contributed by atoms with Gasteiger partial charge in [0.1, 0.15) is 11.4 Å². The molecule has 0 aliphatic rings. The number of carboxylic acids is 1. The van der Waals surface area contributed by atoms with Gasteiger partial charge in [-0.25, -0.2) is 9.78 Å². The van der Waals surface area contributed by atoms with Crippen molar-refractivity contribution in [2.24, 2.45) is 0 Å². The van der Waals surface area contributed by atoms with Gasteiger partial charge in [-0.05, 0) is 6.92 Å². The maximum Gasteiger partial charge on any atom is 0.339 e. The van der Waals surface area contributed by atoms with E-state index in [1.165, 1.54) is 6.20 Å². The van der Waals surface area contributed by atoms with E-state index in [4.69, 9.17) is 5.11 Å². The number of hydrogen-bond acceptors (Lipinski definition) is 4. The SMILES string of the molecule is CCc1nc(C(=O)Nc2c[nH]c(C)c2C(=O)O)n[nH]1. The van der Waals surface area contributed by atoms with Gasteiger partial charge in [-0.3, -0.25) is 9.89 Å². The Labute approximate surface area is 108 Å². The molecule has 4 N–H and O–H groups in total. The molecule has 0 aliphatic heterocycles. The molecule has 8 heteroatoms. The number of aryl methyl sites for hydroxylation is 2. The highest BCUT2D eigenvalue weighted by Crippen LogP contribution is 2.19. The number of aromatic carboxylic acids is 1. The van der Waals surface area contributed by atoms with Crippen molar-refractivity contribution in [1.29, 1.82) is 0 Å². The molecule has 0 bridgehead atoms. The smallest absolute Gasteiger partial charge is 0.339 e. The maximum atomic E-state index is 11.9. The average molecular weight is 263 g/mol. The van der Waals surface area contributed by atoms with Crippen molar-refractivity contribution in [2.75, 3.05) is 5.32 Å². The van der Waals surface area contributed by atoms with E-state index in [-0.39, 0.29) is 17.1 Å². The van der Waals surface area contributed by atoms with Crippen LogP contribution in [0.15, 0.2) is 6.20 Å². The number of aromatic nitrogens is 4. The van der Waals surface area contributed by atoms with Crippen molar-refractivity contribution in [1.82, 2.24) is 20.2 Å². The number of nitrogens with one attached hydrogen (secondary N) is 3. The summed E-state index contributed by atoms with van der Waals surface area (Å²) in [5, 5.41) is 17.9. The van der Waals surface area contributed by atoms with E-state index in [1.807, 2.05) is 6.92 Å². The molecule has 0 unspecified atom stereocenters. The number of amides is 1. The summed E-state index contributed by atoms with van der Waals surface area (Å²) in [6.45, 7) is 3.49. The highest BCUT2D eigenvalue weighted by atomic mass is 16.4. The molecular formula is C11H13N5O3. The highest BCUT2D eigenvalue weighted by Gasteiger charge is 2.19. The van der Waals surface area contributed by atoms with Gasteiger partial charge in [0.15, 0.2) is 0 Å². The zero-order valence-electron chi connectivity index (χ0n) is 10.4. The van der Waals surface area contributed by atoms with Crippen LogP contribution in [0.4, 0.5) is 5.69 Å². The largest absolute Gasteiger partial charge is 0.478 e. The summed E-state index contributed by atoms with van der Waals surface area (Å²) in [7, 11) is 0. The van der Waals surface area contributed by atoms with Gasteiger partial charge in [0, 0.05) is 18.3 Å². The van der Waals surface area contributed by atoms with Gasteiger partial charge in [-0.2, -0.15) is 0 Å². The number of nitrogens with zero attached hydrogens (tertiary/aromatic N) is 2. The van der Waals surface area contributed by atoms with Crippen LogP contribution in [-0.4, -0.2) is 37.1 Å². The number of anilines is 1. The third-order valence-electron chi connectivity index (χ3n) is 2.61. The quantitative estimate of drug-likeness (QED) is 0.654. The molecule has 19 heavy (non-hydrogen) atoms. The summed E-state index contributed by atoms with van der Waals surface area (Å²) in [6.07, 6.45) is 2.05. The number of H-pyrrole nitrogens is 2. The van der Waals surface area contributed by atoms with Crippen LogP contribution < -0.4 is 5.32 Å². The lowest BCUT2D eigenvalue weighted by molar-refractivity contribution is 0.0697. The van der Waals surface area contributed by atoms with Crippen molar-refractivity contribution in [3.8, 4) is 0 Å². The maximum absolute atomic E-state index is 11.9. The first-order valence-electron chi connectivity index (χ1n) is 5.66. The lowest BCUT2D eigenvalue weighted by atomic mass is 10.2. The molecule has 1 amide bonds. The number of rotatable bonds is 4. The number of carbonyl (C=O) groups excluding carboxylic acids is 1. The molecule has 2 rings (SSSR count). The first kappa shape index (κ1) is 12.8. The standard InChI is InChI=1S/C11H13N5O3/c1-3-7-14-9(16-15-7)10(17)13-6-4-12-5(2)8(6)11(18)19/h4,12H,3H2,1-2H3,(H,13,17)(H,18,19)(H,14,15,16). The van der Waals surface area contributed by atoms with Crippen molar-refractivity contribution in [2.45, 2.75) is 20.3 Å². The topological polar surface area (TPSA) is 124 Å². The molecule has 0 saturated carbocycles. The zero-order chi connectivity index (χ0) is 14.0. The Kier molecular flexibility index (Phi) is 3.32. The van der Waals surface area contributed by atoms with Crippen molar-refractivity contribution in [3.05, 3.63) is 29.1 Å². The minimum absolute atomic E-state index is 0.0213. The van der Waals surface area contributed by atoms with Gasteiger partial charge in [0.2, 0.25) is 5.82 Å². The van der Waals surface area contributed by atoms with E-state index in [0.717, 1.165) is 0 Å². The van der Waals surface area contributed by atoms with E-state index < -0.39 is 11.9 Å². The summed E-state index contributed by atoms with van der Waals surface area (Å²) >= 11 is 0. The van der Waals surface area contributed by atoms with Crippen LogP contribution >= 0.6 is 0 Å². The second-order valence-corrected chi connectivity index (χ2v) is 3.92. The summed E-state index contributed by atoms with van der Waals surface area (Å²) in [6, 6.07) is 0. The summed E-state index contributed by atoms with van der Waals surface area (Å²) in [5.74, 6) is -1.10. The minimum Gasteiger partial charge on any atom is -0.478 e. The summed E-state index contributed by atoms with van der Waals surface area (Å²) in [5.41, 5.74) is 0.685. The Morgan fingerprint density at radius 3 is 2.79 bits per heavy atom. The van der Waals surface area contributed by atoms with E-state index >= 15 is 0 Å². The van der Waals surface area contributed by atoms with Crippen LogP contribution in [0.25, 0.3) is 0 Å². The third-order valence-corrected chi connectivity index (χ3v) is 2.61. The zero-order valence-corrected chi connectivity index (χ0v) is 10.4. The van der Waals surface area contributed by atoms with Crippen LogP contribution in [-0.2, 0) is 6.42 Å². The summed E-state index contributed by atoms with van der Waals surface area (Å²) < 4.78 is 0. The molecule has 2 aromatic heterocycles. The highest BCUT2D eigenvalue weighted by molar-refractivity contribution is 6.06. The molecule has 0 aromatic carbocycles. The third kappa shape index (κ3) is 2.46. The Morgan fingerprint density at radius 2 is 2.21 bits per heavy atom. The average Bonchev–Trinajstić information content (AvgIpc) is 2.96.